The lowest BCUT2D eigenvalue weighted by Crippen LogP contribution is -2.55. The summed E-state index contributed by atoms with van der Waals surface area (Å²) in [6, 6.07) is 0. The molecule has 0 amide bonds. The predicted molar refractivity (Wildman–Crippen MR) is 110 cm³/mol. The minimum atomic E-state index is -0.833. The third-order valence-electron chi connectivity index (χ3n) is 8.81. The molecule has 162 valence electrons. The maximum absolute atomic E-state index is 12.2. The largest absolute Gasteiger partial charge is 0.481 e. The molecule has 29 heavy (non-hydrogen) atoms. The Labute approximate surface area is 174 Å². The molecule has 3 saturated carbocycles. The van der Waals surface area contributed by atoms with Gasteiger partial charge in [-0.2, -0.15) is 0 Å². The number of carboxylic acid groups (broad SMARTS) is 1. The topological polar surface area (TPSA) is 80.7 Å². The van der Waals surface area contributed by atoms with Gasteiger partial charge in [0.05, 0.1) is 6.10 Å². The van der Waals surface area contributed by atoms with Crippen molar-refractivity contribution in [2.45, 2.75) is 78.7 Å². The van der Waals surface area contributed by atoms with Gasteiger partial charge in [-0.1, -0.05) is 19.4 Å². The first-order valence-corrected chi connectivity index (χ1v) is 11.0. The molecule has 5 nitrogen and oxygen atoms in total. The van der Waals surface area contributed by atoms with E-state index in [1.165, 1.54) is 24.8 Å². The minimum absolute atomic E-state index is 0.00121. The fraction of sp³-hybridized carbons (Fsp3) is 0.792. The second-order valence-electron chi connectivity index (χ2n) is 10.1. The van der Waals surface area contributed by atoms with Gasteiger partial charge in [-0.15, -0.1) is 0 Å². The van der Waals surface area contributed by atoms with Crippen LogP contribution in [-0.2, 0) is 19.1 Å². The Morgan fingerprint density at radius 1 is 1.10 bits per heavy atom. The van der Waals surface area contributed by atoms with E-state index in [4.69, 9.17) is 14.6 Å². The summed E-state index contributed by atoms with van der Waals surface area (Å²) in [5.41, 5.74) is 1.53. The Balaban J connectivity index is 0.000000552. The van der Waals surface area contributed by atoms with Crippen molar-refractivity contribution < 1.29 is 24.2 Å². The number of carbonyl (C=O) groups is 3. The molecule has 3 fully saturated rings. The summed E-state index contributed by atoms with van der Waals surface area (Å²) in [6.45, 7) is 7.62. The highest BCUT2D eigenvalue weighted by Crippen LogP contribution is 2.66. The number of hydrogen-bond acceptors (Lipinski definition) is 4. The number of Topliss-reactive ketones (excluding diaryl/α,β-unsaturated/α-hetero) is 1. The maximum atomic E-state index is 12.2. The van der Waals surface area contributed by atoms with Crippen molar-refractivity contribution >= 4 is 17.5 Å². The average Bonchev–Trinajstić information content (AvgIpc) is 2.98. The molecular formula is C24H36O5. The van der Waals surface area contributed by atoms with E-state index in [1.807, 2.05) is 6.08 Å². The zero-order valence-corrected chi connectivity index (χ0v) is 18.5. The first kappa shape index (κ1) is 22.2. The van der Waals surface area contributed by atoms with Crippen molar-refractivity contribution in [2.75, 3.05) is 7.11 Å². The van der Waals surface area contributed by atoms with Crippen molar-refractivity contribution in [2.24, 2.45) is 34.5 Å². The smallest absolute Gasteiger partial charge is 0.300 e. The fourth-order valence-corrected chi connectivity index (χ4v) is 7.58. The van der Waals surface area contributed by atoms with Crippen molar-refractivity contribution in [3.05, 3.63) is 11.6 Å². The van der Waals surface area contributed by atoms with E-state index < -0.39 is 5.97 Å². The number of carbonyl (C=O) groups excluding carboxylic acids is 2. The number of ketones is 2. The molecule has 7 atom stereocenters. The number of fused-ring (bicyclic) bond motifs is 5. The third-order valence-corrected chi connectivity index (χ3v) is 8.81. The van der Waals surface area contributed by atoms with Gasteiger partial charge in [-0.3, -0.25) is 14.4 Å². The summed E-state index contributed by atoms with van der Waals surface area (Å²) in [5.74, 6) is 1.98. The van der Waals surface area contributed by atoms with E-state index >= 15 is 0 Å². The molecule has 0 aliphatic heterocycles. The van der Waals surface area contributed by atoms with E-state index in [9.17, 15) is 9.59 Å². The van der Waals surface area contributed by atoms with Crippen molar-refractivity contribution in [3.63, 3.8) is 0 Å². The van der Waals surface area contributed by atoms with Crippen LogP contribution in [0.5, 0.6) is 0 Å². The van der Waals surface area contributed by atoms with Gasteiger partial charge in [0, 0.05) is 31.8 Å². The van der Waals surface area contributed by atoms with Gasteiger partial charge in [0.2, 0.25) is 0 Å². The Morgan fingerprint density at radius 2 is 1.76 bits per heavy atom. The Kier molecular flexibility index (Phi) is 6.11. The van der Waals surface area contributed by atoms with Crippen LogP contribution in [0.1, 0.15) is 72.6 Å². The lowest BCUT2D eigenvalue weighted by Gasteiger charge is -2.59. The molecule has 4 aliphatic carbocycles. The van der Waals surface area contributed by atoms with E-state index in [1.54, 1.807) is 14.0 Å². The van der Waals surface area contributed by atoms with Crippen molar-refractivity contribution in [1.82, 2.24) is 0 Å². The molecule has 4 rings (SSSR count). The summed E-state index contributed by atoms with van der Waals surface area (Å²) >= 11 is 0. The first-order valence-electron chi connectivity index (χ1n) is 11.0. The van der Waals surface area contributed by atoms with Crippen LogP contribution in [0.15, 0.2) is 11.6 Å². The summed E-state index contributed by atoms with van der Waals surface area (Å²) in [4.78, 5) is 33.4. The SMILES string of the molecule is CC(=O)O.COC1CC(=O)C=C2CC[C@H]3[C@@H]4CC[C@H](C(C)=O)[C@@]4(C)CC[C@@H]3[C@]21C. The molecule has 1 unspecified atom stereocenters. The van der Waals surface area contributed by atoms with Crippen LogP contribution in [0.25, 0.3) is 0 Å². The summed E-state index contributed by atoms with van der Waals surface area (Å²) < 4.78 is 5.86. The lowest BCUT2D eigenvalue weighted by atomic mass is 9.46. The fourth-order valence-electron chi connectivity index (χ4n) is 7.58. The first-order chi connectivity index (χ1) is 13.6. The Hall–Kier alpha value is -1.49. The zero-order valence-electron chi connectivity index (χ0n) is 18.5. The summed E-state index contributed by atoms with van der Waals surface area (Å²) in [5, 5.41) is 7.42. The molecule has 0 aromatic heterocycles. The van der Waals surface area contributed by atoms with Crippen LogP contribution in [0.3, 0.4) is 0 Å². The average molecular weight is 405 g/mol. The Morgan fingerprint density at radius 3 is 2.34 bits per heavy atom. The standard InChI is InChI=1S/C22H32O3.C2H4O2/c1-13(23)17-7-8-18-16-6-5-14-11-15(24)12-20(25-4)22(14,3)19(16)9-10-21(17,18)2;1-2(3)4/h11,16-20H,5-10,12H2,1-4H3;1H3,(H,3,4)/t16-,17+,18-,19-,20?,21+,22-;/m0./s1. The van der Waals surface area contributed by atoms with E-state index in [0.29, 0.717) is 30.0 Å². The highest BCUT2D eigenvalue weighted by Gasteiger charge is 2.61. The number of rotatable bonds is 2. The molecule has 4 aliphatic rings. The predicted octanol–water partition coefficient (Wildman–Crippen LogP) is 4.44. The second-order valence-corrected chi connectivity index (χ2v) is 10.1. The van der Waals surface area contributed by atoms with Crippen LogP contribution in [0.2, 0.25) is 0 Å². The highest BCUT2D eigenvalue weighted by atomic mass is 16.5. The van der Waals surface area contributed by atoms with Crippen LogP contribution in [0, 0.1) is 34.5 Å². The van der Waals surface area contributed by atoms with Gasteiger partial charge in [-0.25, -0.2) is 0 Å². The molecule has 0 radical (unpaired) electrons. The van der Waals surface area contributed by atoms with Gasteiger partial charge in [0.15, 0.2) is 5.78 Å². The zero-order chi connectivity index (χ0) is 21.6. The molecule has 0 aromatic rings. The van der Waals surface area contributed by atoms with Crippen LogP contribution < -0.4 is 0 Å². The Bertz CT molecular complexity index is 721. The van der Waals surface area contributed by atoms with Gasteiger partial charge in [0.1, 0.15) is 5.78 Å². The molecule has 0 saturated heterocycles. The van der Waals surface area contributed by atoms with E-state index in [0.717, 1.165) is 26.2 Å². The number of methoxy groups -OCH3 is 1. The minimum Gasteiger partial charge on any atom is -0.481 e. The molecule has 0 bridgehead atoms. The maximum Gasteiger partial charge on any atom is 0.300 e. The van der Waals surface area contributed by atoms with Crippen LogP contribution in [-0.4, -0.2) is 35.9 Å². The third kappa shape index (κ3) is 3.60. The van der Waals surface area contributed by atoms with Gasteiger partial charge >= 0.3 is 0 Å². The molecular weight excluding hydrogens is 368 g/mol. The van der Waals surface area contributed by atoms with Crippen molar-refractivity contribution in [1.29, 1.82) is 0 Å². The monoisotopic (exact) mass is 404 g/mol. The van der Waals surface area contributed by atoms with Gasteiger partial charge in [0.25, 0.3) is 5.97 Å². The quantitative estimate of drug-likeness (QED) is 0.736. The number of ether oxygens (including phenoxy) is 1. The number of hydrogen-bond donors (Lipinski definition) is 1. The van der Waals surface area contributed by atoms with Crippen LogP contribution >= 0.6 is 0 Å². The van der Waals surface area contributed by atoms with Crippen molar-refractivity contribution in [3.8, 4) is 0 Å². The molecule has 0 heterocycles. The van der Waals surface area contributed by atoms with E-state index in [2.05, 4.69) is 13.8 Å². The highest BCUT2D eigenvalue weighted by molar-refractivity contribution is 5.92. The number of carboxylic acids is 1. The van der Waals surface area contributed by atoms with Gasteiger partial charge in [-0.05, 0) is 74.7 Å². The lowest BCUT2D eigenvalue weighted by molar-refractivity contribution is -0.137. The molecule has 1 N–H and O–H groups in total. The second kappa shape index (κ2) is 7.98. The van der Waals surface area contributed by atoms with Crippen LogP contribution in [0.4, 0.5) is 0 Å². The normalized spacial score (nSPS) is 43.1. The molecule has 0 spiro atoms. The van der Waals surface area contributed by atoms with E-state index in [-0.39, 0.29) is 28.6 Å². The summed E-state index contributed by atoms with van der Waals surface area (Å²) in [6.07, 6.45) is 9.28. The molecule has 5 heteroatoms. The van der Waals surface area contributed by atoms with Gasteiger partial charge < -0.3 is 9.84 Å². The molecule has 0 aromatic carbocycles. The number of aliphatic carboxylic acids is 1. The summed E-state index contributed by atoms with van der Waals surface area (Å²) in [7, 11) is 1.77.